The zero-order valence-electron chi connectivity index (χ0n) is 16.7. The highest BCUT2D eigenvalue weighted by atomic mass is 32.1. The van der Waals surface area contributed by atoms with E-state index in [4.69, 9.17) is 14.5 Å². The summed E-state index contributed by atoms with van der Waals surface area (Å²) < 4.78 is 11.4. The summed E-state index contributed by atoms with van der Waals surface area (Å²) in [4.78, 5) is 32.7. The molecule has 160 valence electrons. The average molecular weight is 439 g/mol. The van der Waals surface area contributed by atoms with Crippen molar-refractivity contribution < 1.29 is 19.1 Å². The molecule has 31 heavy (non-hydrogen) atoms. The fraction of sp³-hybridized carbons (Fsp3) is 0.286. The predicted octanol–water partition coefficient (Wildman–Crippen LogP) is 3.73. The van der Waals surface area contributed by atoms with Crippen LogP contribution in [-0.2, 0) is 9.47 Å². The molecule has 9 nitrogen and oxygen atoms in total. The lowest BCUT2D eigenvalue weighted by atomic mass is 10.2. The minimum absolute atomic E-state index is 0.363. The normalized spacial score (nSPS) is 16.5. The maximum absolute atomic E-state index is 12.5. The van der Waals surface area contributed by atoms with Gasteiger partial charge in [0.25, 0.3) is 0 Å². The highest BCUT2D eigenvalue weighted by Crippen LogP contribution is 2.31. The van der Waals surface area contributed by atoms with Crippen LogP contribution in [0.4, 0.5) is 31.8 Å². The first kappa shape index (κ1) is 19.6. The molecule has 2 saturated heterocycles. The van der Waals surface area contributed by atoms with Gasteiger partial charge in [0.15, 0.2) is 5.13 Å². The number of ether oxygens (including phenoxy) is 2. The fourth-order valence-corrected chi connectivity index (χ4v) is 4.61. The van der Waals surface area contributed by atoms with Gasteiger partial charge in [-0.2, -0.15) is 0 Å². The Kier molecular flexibility index (Phi) is 5.31. The molecule has 2 aliphatic rings. The van der Waals surface area contributed by atoms with E-state index in [1.165, 1.54) is 4.90 Å². The molecule has 5 rings (SSSR count). The van der Waals surface area contributed by atoms with E-state index in [1.54, 1.807) is 35.6 Å². The summed E-state index contributed by atoms with van der Waals surface area (Å²) in [5.41, 5.74) is 2.86. The third-order valence-electron chi connectivity index (χ3n) is 5.09. The molecule has 2 fully saturated rings. The SMILES string of the molecule is O=C(Nc1cccc(N2CCOC2=O)c1)Nc1ccc2nc(N3CCOCC3)sc2c1. The highest BCUT2D eigenvalue weighted by molar-refractivity contribution is 7.22. The molecular formula is C21H21N5O4S. The molecule has 0 aliphatic carbocycles. The number of morpholine rings is 1. The van der Waals surface area contributed by atoms with Crippen molar-refractivity contribution in [2.75, 3.05) is 59.9 Å². The summed E-state index contributed by atoms with van der Waals surface area (Å²) in [6.45, 7) is 3.95. The average Bonchev–Trinajstić information content (AvgIpc) is 3.40. The Morgan fingerprint density at radius 1 is 1.00 bits per heavy atom. The van der Waals surface area contributed by atoms with Crippen molar-refractivity contribution in [2.24, 2.45) is 0 Å². The van der Waals surface area contributed by atoms with Crippen LogP contribution in [0.5, 0.6) is 0 Å². The van der Waals surface area contributed by atoms with Gasteiger partial charge >= 0.3 is 12.1 Å². The number of rotatable bonds is 4. The Labute approximate surface area is 182 Å². The summed E-state index contributed by atoms with van der Waals surface area (Å²) in [6.07, 6.45) is -0.379. The first-order valence-electron chi connectivity index (χ1n) is 10.0. The van der Waals surface area contributed by atoms with Crippen molar-refractivity contribution in [1.82, 2.24) is 4.98 Å². The van der Waals surface area contributed by atoms with Gasteiger partial charge in [-0.05, 0) is 36.4 Å². The van der Waals surface area contributed by atoms with E-state index in [1.807, 2.05) is 18.2 Å². The molecule has 0 spiro atoms. The van der Waals surface area contributed by atoms with Crippen LogP contribution in [0.2, 0.25) is 0 Å². The van der Waals surface area contributed by atoms with Crippen LogP contribution in [0.3, 0.4) is 0 Å². The Balaban J connectivity index is 1.26. The molecule has 10 heteroatoms. The standard InChI is InChI=1S/C21H21N5O4S/c27-19(22-14-2-1-3-16(12-14)26-8-11-30-21(26)28)23-15-4-5-17-18(13-15)31-20(24-17)25-6-9-29-10-7-25/h1-5,12-13H,6-11H2,(H2,22,23,27). The maximum Gasteiger partial charge on any atom is 0.414 e. The van der Waals surface area contributed by atoms with E-state index in [9.17, 15) is 9.59 Å². The van der Waals surface area contributed by atoms with E-state index in [-0.39, 0.29) is 12.1 Å². The van der Waals surface area contributed by atoms with Crippen molar-refractivity contribution in [1.29, 1.82) is 0 Å². The monoisotopic (exact) mass is 439 g/mol. The van der Waals surface area contributed by atoms with E-state index in [2.05, 4.69) is 15.5 Å². The second-order valence-electron chi connectivity index (χ2n) is 7.17. The molecule has 3 aromatic rings. The molecule has 2 aromatic carbocycles. The van der Waals surface area contributed by atoms with Crippen LogP contribution < -0.4 is 20.4 Å². The molecule has 0 saturated carbocycles. The number of nitrogens with one attached hydrogen (secondary N) is 2. The lowest BCUT2D eigenvalue weighted by molar-refractivity contribution is 0.122. The smallest absolute Gasteiger partial charge is 0.414 e. The highest BCUT2D eigenvalue weighted by Gasteiger charge is 2.23. The van der Waals surface area contributed by atoms with E-state index in [0.29, 0.717) is 43.4 Å². The quantitative estimate of drug-likeness (QED) is 0.643. The number of hydrogen-bond donors (Lipinski definition) is 2. The molecule has 0 radical (unpaired) electrons. The number of anilines is 4. The predicted molar refractivity (Wildman–Crippen MR) is 120 cm³/mol. The van der Waals surface area contributed by atoms with Gasteiger partial charge in [-0.25, -0.2) is 14.6 Å². The summed E-state index contributed by atoms with van der Waals surface area (Å²) in [5.74, 6) is 0. The van der Waals surface area contributed by atoms with Crippen LogP contribution in [-0.4, -0.2) is 56.6 Å². The van der Waals surface area contributed by atoms with Gasteiger partial charge in [0.2, 0.25) is 0 Å². The van der Waals surface area contributed by atoms with Gasteiger partial charge in [0.05, 0.1) is 30.0 Å². The number of urea groups is 1. The number of amides is 3. The number of cyclic esters (lactones) is 1. The zero-order valence-corrected chi connectivity index (χ0v) is 17.5. The number of fused-ring (bicyclic) bond motifs is 1. The lowest BCUT2D eigenvalue weighted by Crippen LogP contribution is -2.36. The fourth-order valence-electron chi connectivity index (χ4n) is 3.55. The van der Waals surface area contributed by atoms with Crippen LogP contribution in [0.15, 0.2) is 42.5 Å². The van der Waals surface area contributed by atoms with Crippen molar-refractivity contribution in [3.05, 3.63) is 42.5 Å². The maximum atomic E-state index is 12.5. The molecule has 0 atom stereocenters. The number of benzene rings is 2. The van der Waals surface area contributed by atoms with Gasteiger partial charge in [0.1, 0.15) is 6.61 Å². The Morgan fingerprint density at radius 3 is 2.58 bits per heavy atom. The van der Waals surface area contributed by atoms with Crippen molar-refractivity contribution in [3.8, 4) is 0 Å². The molecule has 0 unspecified atom stereocenters. The van der Waals surface area contributed by atoms with Gasteiger partial charge < -0.3 is 25.0 Å². The first-order valence-corrected chi connectivity index (χ1v) is 10.8. The Hall–Kier alpha value is -3.37. The molecule has 2 aliphatic heterocycles. The number of carbonyl (C=O) groups is 2. The topological polar surface area (TPSA) is 96.0 Å². The summed E-state index contributed by atoms with van der Waals surface area (Å²) in [5, 5.41) is 6.64. The second kappa shape index (κ2) is 8.40. The Bertz CT molecular complexity index is 1130. The van der Waals surface area contributed by atoms with Gasteiger partial charge in [-0.3, -0.25) is 4.90 Å². The van der Waals surface area contributed by atoms with Gasteiger partial charge in [-0.15, -0.1) is 0 Å². The number of aromatic nitrogens is 1. The van der Waals surface area contributed by atoms with Crippen molar-refractivity contribution in [3.63, 3.8) is 0 Å². The minimum atomic E-state index is -0.379. The lowest BCUT2D eigenvalue weighted by Gasteiger charge is -2.25. The van der Waals surface area contributed by atoms with E-state index >= 15 is 0 Å². The number of nitrogens with zero attached hydrogens (tertiary/aromatic N) is 3. The molecule has 1 aromatic heterocycles. The summed E-state index contributed by atoms with van der Waals surface area (Å²) in [6, 6.07) is 12.4. The first-order chi connectivity index (χ1) is 15.2. The molecular weight excluding hydrogens is 418 g/mol. The van der Waals surface area contributed by atoms with Gasteiger partial charge in [-0.1, -0.05) is 17.4 Å². The van der Waals surface area contributed by atoms with E-state index in [0.717, 1.165) is 28.4 Å². The molecule has 3 amide bonds. The number of carbonyl (C=O) groups excluding carboxylic acids is 2. The third-order valence-corrected chi connectivity index (χ3v) is 6.17. The minimum Gasteiger partial charge on any atom is -0.447 e. The van der Waals surface area contributed by atoms with Crippen LogP contribution >= 0.6 is 11.3 Å². The molecule has 3 heterocycles. The van der Waals surface area contributed by atoms with Crippen LogP contribution in [0, 0.1) is 0 Å². The third kappa shape index (κ3) is 4.25. The van der Waals surface area contributed by atoms with Crippen molar-refractivity contribution in [2.45, 2.75) is 0 Å². The van der Waals surface area contributed by atoms with Crippen LogP contribution in [0.1, 0.15) is 0 Å². The van der Waals surface area contributed by atoms with Gasteiger partial charge in [0, 0.05) is 30.2 Å². The summed E-state index contributed by atoms with van der Waals surface area (Å²) in [7, 11) is 0. The summed E-state index contributed by atoms with van der Waals surface area (Å²) >= 11 is 1.60. The van der Waals surface area contributed by atoms with Crippen molar-refractivity contribution >= 4 is 55.9 Å². The largest absolute Gasteiger partial charge is 0.447 e. The molecule has 0 bridgehead atoms. The van der Waals surface area contributed by atoms with E-state index < -0.39 is 0 Å². The molecule has 2 N–H and O–H groups in total. The zero-order chi connectivity index (χ0) is 21.2. The van der Waals surface area contributed by atoms with Crippen LogP contribution in [0.25, 0.3) is 10.2 Å². The number of thiazole rings is 1. The number of hydrogen-bond acceptors (Lipinski definition) is 7. The second-order valence-corrected chi connectivity index (χ2v) is 8.18. The Morgan fingerprint density at radius 2 is 1.81 bits per heavy atom.